The Morgan fingerprint density at radius 1 is 1.62 bits per heavy atom. The van der Waals surface area contributed by atoms with E-state index in [1.807, 2.05) is 0 Å². The number of carbonyl (C=O) groups is 2. The summed E-state index contributed by atoms with van der Waals surface area (Å²) in [4.78, 5) is 25.5. The van der Waals surface area contributed by atoms with Gasteiger partial charge in [-0.3, -0.25) is 4.79 Å². The summed E-state index contributed by atoms with van der Waals surface area (Å²) in [6, 6.07) is -0.138. The molecular weight excluding hydrogens is 170 g/mol. The van der Waals surface area contributed by atoms with Gasteiger partial charge in [-0.2, -0.15) is 0 Å². The number of rotatable bonds is 2. The molecule has 0 aromatic heterocycles. The van der Waals surface area contributed by atoms with Crippen LogP contribution in [0.2, 0.25) is 0 Å². The van der Waals surface area contributed by atoms with E-state index < -0.39 is 0 Å². The van der Waals surface area contributed by atoms with E-state index in [9.17, 15) is 9.59 Å². The molecule has 1 saturated heterocycles. The first kappa shape index (κ1) is 9.83. The van der Waals surface area contributed by atoms with Crippen molar-refractivity contribution < 1.29 is 9.59 Å². The Kier molecular flexibility index (Phi) is 3.11. The molecule has 0 spiro atoms. The molecular formula is C8H15N3O2. The molecule has 1 heterocycles. The molecule has 1 fully saturated rings. The maximum absolute atomic E-state index is 11.3. The Morgan fingerprint density at radius 2 is 2.31 bits per heavy atom. The third kappa shape index (κ3) is 2.61. The topological polar surface area (TPSA) is 52.7 Å². The highest BCUT2D eigenvalue weighted by atomic mass is 16.2. The number of urea groups is 1. The molecule has 0 aliphatic carbocycles. The monoisotopic (exact) mass is 185 g/mol. The van der Waals surface area contributed by atoms with E-state index in [1.54, 1.807) is 14.1 Å². The van der Waals surface area contributed by atoms with Gasteiger partial charge in [0.15, 0.2) is 0 Å². The van der Waals surface area contributed by atoms with Crippen molar-refractivity contribution in [2.24, 2.45) is 0 Å². The summed E-state index contributed by atoms with van der Waals surface area (Å²) in [6.07, 6.45) is 0.909. The van der Waals surface area contributed by atoms with Crippen molar-refractivity contribution >= 4 is 11.9 Å². The third-order valence-electron chi connectivity index (χ3n) is 1.99. The minimum Gasteiger partial charge on any atom is -0.347 e. The molecule has 5 nitrogen and oxygen atoms in total. The lowest BCUT2D eigenvalue weighted by molar-refractivity contribution is -0.129. The molecule has 1 aliphatic rings. The van der Waals surface area contributed by atoms with Gasteiger partial charge in [0.2, 0.25) is 5.91 Å². The first-order chi connectivity index (χ1) is 6.11. The second-order valence-electron chi connectivity index (χ2n) is 3.30. The first-order valence-electron chi connectivity index (χ1n) is 4.34. The highest BCUT2D eigenvalue weighted by Crippen LogP contribution is 1.99. The van der Waals surface area contributed by atoms with Gasteiger partial charge in [-0.05, 0) is 6.42 Å². The summed E-state index contributed by atoms with van der Waals surface area (Å²) in [5.74, 6) is -0.0444. The first-order valence-corrected chi connectivity index (χ1v) is 4.34. The number of likely N-dealkylation sites (N-methyl/N-ethyl adjacent to an activating group) is 1. The second-order valence-corrected chi connectivity index (χ2v) is 3.30. The average Bonchev–Trinajstić information content (AvgIpc) is 2.08. The lowest BCUT2D eigenvalue weighted by Gasteiger charge is -2.27. The zero-order chi connectivity index (χ0) is 9.84. The maximum atomic E-state index is 11.3. The van der Waals surface area contributed by atoms with Crippen LogP contribution in [0.15, 0.2) is 0 Å². The summed E-state index contributed by atoms with van der Waals surface area (Å²) in [5, 5.41) is 2.69. The fraction of sp³-hybridized carbons (Fsp3) is 0.750. The molecule has 1 N–H and O–H groups in total. The molecule has 0 bridgehead atoms. The molecule has 3 amide bonds. The zero-order valence-corrected chi connectivity index (χ0v) is 8.04. The fourth-order valence-electron chi connectivity index (χ4n) is 1.13. The molecule has 74 valence electrons. The Bertz CT molecular complexity index is 215. The molecule has 1 rings (SSSR count). The minimum atomic E-state index is -0.138. The minimum absolute atomic E-state index is 0.0444. The molecule has 0 aromatic rings. The summed E-state index contributed by atoms with van der Waals surface area (Å²) in [7, 11) is 3.37. The largest absolute Gasteiger partial charge is 0.347 e. The molecule has 0 radical (unpaired) electrons. The van der Waals surface area contributed by atoms with Gasteiger partial charge in [0.25, 0.3) is 0 Å². The molecule has 5 heteroatoms. The second kappa shape index (κ2) is 4.11. The van der Waals surface area contributed by atoms with E-state index >= 15 is 0 Å². The average molecular weight is 185 g/mol. The molecule has 1 aliphatic heterocycles. The standard InChI is InChI=1S/C8H15N3O2/c1-10(2)7(12)6-11-5-3-4-9-8(11)13/h3-6H2,1-2H3,(H,9,13). The summed E-state index contributed by atoms with van der Waals surface area (Å²) in [6.45, 7) is 1.57. The van der Waals surface area contributed by atoms with Gasteiger partial charge in [-0.25, -0.2) is 4.79 Å². The Labute approximate surface area is 77.7 Å². The van der Waals surface area contributed by atoms with Gasteiger partial charge in [-0.15, -0.1) is 0 Å². The van der Waals surface area contributed by atoms with Crippen LogP contribution in [0.3, 0.4) is 0 Å². The number of hydrogen-bond donors (Lipinski definition) is 1. The summed E-state index contributed by atoms with van der Waals surface area (Å²) >= 11 is 0. The van der Waals surface area contributed by atoms with Crippen LogP contribution in [0.5, 0.6) is 0 Å². The summed E-state index contributed by atoms with van der Waals surface area (Å²) in [5.41, 5.74) is 0. The normalized spacial score (nSPS) is 16.8. The van der Waals surface area contributed by atoms with Crippen LogP contribution in [0, 0.1) is 0 Å². The highest BCUT2D eigenvalue weighted by Gasteiger charge is 2.20. The predicted octanol–water partition coefficient (Wildman–Crippen LogP) is -0.510. The van der Waals surface area contributed by atoms with E-state index in [4.69, 9.17) is 0 Å². The van der Waals surface area contributed by atoms with Gasteiger partial charge in [0.05, 0.1) is 0 Å². The third-order valence-corrected chi connectivity index (χ3v) is 1.99. The molecule has 13 heavy (non-hydrogen) atoms. The van der Waals surface area contributed by atoms with Crippen LogP contribution >= 0.6 is 0 Å². The molecule has 0 atom stereocenters. The van der Waals surface area contributed by atoms with E-state index in [0.717, 1.165) is 6.42 Å². The van der Waals surface area contributed by atoms with Crippen molar-refractivity contribution in [2.75, 3.05) is 33.7 Å². The Hall–Kier alpha value is -1.26. The maximum Gasteiger partial charge on any atom is 0.317 e. The van der Waals surface area contributed by atoms with Gasteiger partial charge in [-0.1, -0.05) is 0 Å². The molecule has 0 saturated carbocycles. The fourth-order valence-corrected chi connectivity index (χ4v) is 1.13. The number of hydrogen-bond acceptors (Lipinski definition) is 2. The summed E-state index contributed by atoms with van der Waals surface area (Å²) < 4.78 is 0. The van der Waals surface area contributed by atoms with Crippen LogP contribution in [-0.2, 0) is 4.79 Å². The lowest BCUT2D eigenvalue weighted by Crippen LogP contribution is -2.49. The van der Waals surface area contributed by atoms with Crippen molar-refractivity contribution in [1.29, 1.82) is 0 Å². The zero-order valence-electron chi connectivity index (χ0n) is 8.04. The Balaban J connectivity index is 2.43. The van der Waals surface area contributed by atoms with E-state index in [0.29, 0.717) is 13.1 Å². The van der Waals surface area contributed by atoms with Crippen LogP contribution in [0.4, 0.5) is 4.79 Å². The van der Waals surface area contributed by atoms with Crippen molar-refractivity contribution in [2.45, 2.75) is 6.42 Å². The highest BCUT2D eigenvalue weighted by molar-refractivity contribution is 5.84. The number of amides is 3. The van der Waals surface area contributed by atoms with Crippen LogP contribution in [-0.4, -0.2) is 55.5 Å². The SMILES string of the molecule is CN(C)C(=O)CN1CCCNC1=O. The van der Waals surface area contributed by atoms with Crippen molar-refractivity contribution in [3.63, 3.8) is 0 Å². The van der Waals surface area contributed by atoms with E-state index in [2.05, 4.69) is 5.32 Å². The van der Waals surface area contributed by atoms with Crippen molar-refractivity contribution in [3.05, 3.63) is 0 Å². The van der Waals surface area contributed by atoms with Crippen molar-refractivity contribution in [1.82, 2.24) is 15.1 Å². The van der Waals surface area contributed by atoms with Gasteiger partial charge >= 0.3 is 6.03 Å². The number of nitrogens with zero attached hydrogens (tertiary/aromatic N) is 2. The molecule has 0 unspecified atom stereocenters. The van der Waals surface area contributed by atoms with Crippen LogP contribution in [0.1, 0.15) is 6.42 Å². The van der Waals surface area contributed by atoms with Gasteiger partial charge in [0, 0.05) is 27.2 Å². The van der Waals surface area contributed by atoms with Crippen molar-refractivity contribution in [3.8, 4) is 0 Å². The van der Waals surface area contributed by atoms with E-state index in [1.165, 1.54) is 9.80 Å². The number of nitrogens with one attached hydrogen (secondary N) is 1. The predicted molar refractivity (Wildman–Crippen MR) is 48.3 cm³/mol. The smallest absolute Gasteiger partial charge is 0.317 e. The van der Waals surface area contributed by atoms with Crippen LogP contribution < -0.4 is 5.32 Å². The number of carbonyl (C=O) groups excluding carboxylic acids is 2. The quantitative estimate of drug-likeness (QED) is 0.630. The van der Waals surface area contributed by atoms with E-state index in [-0.39, 0.29) is 18.5 Å². The van der Waals surface area contributed by atoms with Gasteiger partial charge < -0.3 is 15.1 Å². The Morgan fingerprint density at radius 3 is 2.85 bits per heavy atom. The molecule has 0 aromatic carbocycles. The van der Waals surface area contributed by atoms with Gasteiger partial charge in [0.1, 0.15) is 6.54 Å². The van der Waals surface area contributed by atoms with Crippen LogP contribution in [0.25, 0.3) is 0 Å². The lowest BCUT2D eigenvalue weighted by atomic mass is 10.3.